The summed E-state index contributed by atoms with van der Waals surface area (Å²) in [5.41, 5.74) is -0.274. The van der Waals surface area contributed by atoms with Crippen molar-refractivity contribution < 1.29 is 14.6 Å². The number of nitrogens with zero attached hydrogens (tertiary/aromatic N) is 2. The van der Waals surface area contributed by atoms with Gasteiger partial charge < -0.3 is 14.6 Å². The molecule has 0 aliphatic carbocycles. The topological polar surface area (TPSA) is 56.5 Å². The maximum absolute atomic E-state index is 10.3. The molecule has 0 radical (unpaired) electrons. The van der Waals surface area contributed by atoms with E-state index in [2.05, 4.69) is 5.10 Å². The van der Waals surface area contributed by atoms with Crippen LogP contribution in [0.1, 0.15) is 19.0 Å². The van der Waals surface area contributed by atoms with Crippen LogP contribution in [0.25, 0.3) is 0 Å². The summed E-state index contributed by atoms with van der Waals surface area (Å²) < 4.78 is 11.8. The maximum atomic E-state index is 10.3. The Hall–Kier alpha value is -0.910. The molecular formula is C10H18N2O3. The van der Waals surface area contributed by atoms with Crippen LogP contribution in [-0.4, -0.2) is 35.4 Å². The van der Waals surface area contributed by atoms with Gasteiger partial charge in [-0.15, -0.1) is 0 Å². The van der Waals surface area contributed by atoms with E-state index in [0.29, 0.717) is 6.42 Å². The number of methoxy groups -OCH3 is 2. The van der Waals surface area contributed by atoms with Crippen molar-refractivity contribution in [3.63, 3.8) is 0 Å². The van der Waals surface area contributed by atoms with Crippen LogP contribution in [0.15, 0.2) is 12.3 Å². The number of aromatic nitrogens is 2. The Balaban J connectivity index is 2.79. The number of hydrogen-bond donors (Lipinski definition) is 1. The van der Waals surface area contributed by atoms with Gasteiger partial charge in [0.15, 0.2) is 6.29 Å². The van der Waals surface area contributed by atoms with Crippen molar-refractivity contribution in [3.05, 3.63) is 18.0 Å². The SMILES string of the molecule is COC(CC(C)(O)c1ccnn1C)OC. The quantitative estimate of drug-likeness (QED) is 0.731. The molecule has 1 N–H and O–H groups in total. The zero-order valence-electron chi connectivity index (χ0n) is 9.60. The van der Waals surface area contributed by atoms with Gasteiger partial charge in [-0.1, -0.05) is 0 Å². The van der Waals surface area contributed by atoms with Gasteiger partial charge in [0.2, 0.25) is 0 Å². The average molecular weight is 214 g/mol. The molecule has 0 amide bonds. The zero-order chi connectivity index (χ0) is 11.5. The Morgan fingerprint density at radius 2 is 2.13 bits per heavy atom. The minimum Gasteiger partial charge on any atom is -0.384 e. The Morgan fingerprint density at radius 3 is 2.53 bits per heavy atom. The molecule has 1 unspecified atom stereocenters. The molecule has 1 heterocycles. The fourth-order valence-electron chi connectivity index (χ4n) is 1.59. The van der Waals surface area contributed by atoms with Gasteiger partial charge in [-0.2, -0.15) is 5.10 Å². The van der Waals surface area contributed by atoms with Crippen molar-refractivity contribution >= 4 is 0 Å². The molecular weight excluding hydrogens is 196 g/mol. The van der Waals surface area contributed by atoms with Gasteiger partial charge in [0.05, 0.1) is 5.69 Å². The van der Waals surface area contributed by atoms with Crippen LogP contribution in [0.5, 0.6) is 0 Å². The Bertz CT molecular complexity index is 305. The Labute approximate surface area is 89.6 Å². The van der Waals surface area contributed by atoms with Gasteiger partial charge >= 0.3 is 0 Å². The number of hydrogen-bond acceptors (Lipinski definition) is 4. The molecule has 0 aromatic carbocycles. The van der Waals surface area contributed by atoms with Gasteiger partial charge in [-0.25, -0.2) is 0 Å². The number of aliphatic hydroxyl groups is 1. The van der Waals surface area contributed by atoms with E-state index in [0.717, 1.165) is 5.69 Å². The molecule has 0 aliphatic rings. The first-order valence-corrected chi connectivity index (χ1v) is 4.77. The van der Waals surface area contributed by atoms with E-state index >= 15 is 0 Å². The van der Waals surface area contributed by atoms with Crippen molar-refractivity contribution in [1.29, 1.82) is 0 Å². The molecule has 1 rings (SSSR count). The molecule has 0 saturated heterocycles. The van der Waals surface area contributed by atoms with Crippen molar-refractivity contribution in [1.82, 2.24) is 9.78 Å². The van der Waals surface area contributed by atoms with E-state index in [9.17, 15) is 5.11 Å². The number of rotatable bonds is 5. The molecule has 1 atom stereocenters. The second-order valence-corrected chi connectivity index (χ2v) is 3.72. The molecule has 0 spiro atoms. The molecule has 1 aromatic rings. The largest absolute Gasteiger partial charge is 0.384 e. The molecule has 5 heteroatoms. The third kappa shape index (κ3) is 2.77. The Morgan fingerprint density at radius 1 is 1.53 bits per heavy atom. The normalized spacial score (nSPS) is 15.6. The summed E-state index contributed by atoms with van der Waals surface area (Å²) in [7, 11) is 4.89. The monoisotopic (exact) mass is 214 g/mol. The fraction of sp³-hybridized carbons (Fsp3) is 0.700. The van der Waals surface area contributed by atoms with Crippen LogP contribution in [0.3, 0.4) is 0 Å². The smallest absolute Gasteiger partial charge is 0.159 e. The summed E-state index contributed by atoms with van der Waals surface area (Å²) >= 11 is 0. The van der Waals surface area contributed by atoms with Gasteiger partial charge in [0.1, 0.15) is 5.60 Å². The second kappa shape index (κ2) is 4.74. The summed E-state index contributed by atoms with van der Waals surface area (Å²) in [6.07, 6.45) is 1.59. The fourth-order valence-corrected chi connectivity index (χ4v) is 1.59. The van der Waals surface area contributed by atoms with E-state index in [1.54, 1.807) is 45.1 Å². The van der Waals surface area contributed by atoms with Crippen molar-refractivity contribution in [3.8, 4) is 0 Å². The zero-order valence-corrected chi connectivity index (χ0v) is 9.60. The first kappa shape index (κ1) is 12.2. The van der Waals surface area contributed by atoms with Gasteiger partial charge in [0, 0.05) is 33.9 Å². The van der Waals surface area contributed by atoms with Crippen molar-refractivity contribution in [2.45, 2.75) is 25.2 Å². The highest BCUT2D eigenvalue weighted by molar-refractivity contribution is 5.10. The highest BCUT2D eigenvalue weighted by atomic mass is 16.7. The first-order chi connectivity index (χ1) is 7.01. The summed E-state index contributed by atoms with van der Waals surface area (Å²) in [5, 5.41) is 14.3. The first-order valence-electron chi connectivity index (χ1n) is 4.77. The van der Waals surface area contributed by atoms with Crippen LogP contribution in [0.4, 0.5) is 0 Å². The maximum Gasteiger partial charge on any atom is 0.159 e. The van der Waals surface area contributed by atoms with Crippen LogP contribution >= 0.6 is 0 Å². The van der Waals surface area contributed by atoms with E-state index < -0.39 is 11.9 Å². The lowest BCUT2D eigenvalue weighted by molar-refractivity contribution is -0.143. The lowest BCUT2D eigenvalue weighted by atomic mass is 9.98. The minimum absolute atomic E-state index is 0.361. The van der Waals surface area contributed by atoms with Gasteiger partial charge in [-0.3, -0.25) is 4.68 Å². The van der Waals surface area contributed by atoms with Crippen molar-refractivity contribution in [2.24, 2.45) is 7.05 Å². The third-order valence-electron chi connectivity index (χ3n) is 2.46. The number of ether oxygens (including phenoxy) is 2. The molecule has 0 aliphatic heterocycles. The minimum atomic E-state index is -1.01. The summed E-state index contributed by atoms with van der Waals surface area (Å²) in [6, 6.07) is 1.78. The van der Waals surface area contributed by atoms with Gasteiger partial charge in [0.25, 0.3) is 0 Å². The molecule has 1 aromatic heterocycles. The van der Waals surface area contributed by atoms with Crippen LogP contribution < -0.4 is 0 Å². The Kier molecular flexibility index (Phi) is 3.84. The summed E-state index contributed by atoms with van der Waals surface area (Å²) in [5.74, 6) is 0. The van der Waals surface area contributed by atoms with E-state index in [4.69, 9.17) is 9.47 Å². The molecule has 86 valence electrons. The van der Waals surface area contributed by atoms with Crippen LogP contribution in [0.2, 0.25) is 0 Å². The summed E-state index contributed by atoms with van der Waals surface area (Å²) in [4.78, 5) is 0. The highest BCUT2D eigenvalue weighted by Gasteiger charge is 2.30. The van der Waals surface area contributed by atoms with Crippen molar-refractivity contribution in [2.75, 3.05) is 14.2 Å². The van der Waals surface area contributed by atoms with E-state index in [1.165, 1.54) is 0 Å². The van der Waals surface area contributed by atoms with E-state index in [-0.39, 0.29) is 0 Å². The predicted molar refractivity (Wildman–Crippen MR) is 55.2 cm³/mol. The van der Waals surface area contributed by atoms with Crippen LogP contribution in [0, 0.1) is 0 Å². The highest BCUT2D eigenvalue weighted by Crippen LogP contribution is 2.26. The van der Waals surface area contributed by atoms with Gasteiger partial charge in [-0.05, 0) is 13.0 Å². The molecule has 5 nitrogen and oxygen atoms in total. The molecule has 15 heavy (non-hydrogen) atoms. The lowest BCUT2D eigenvalue weighted by Gasteiger charge is -2.27. The molecule has 0 bridgehead atoms. The average Bonchev–Trinajstić information content (AvgIpc) is 2.61. The van der Waals surface area contributed by atoms with Crippen LogP contribution in [-0.2, 0) is 22.1 Å². The summed E-state index contributed by atoms with van der Waals surface area (Å²) in [6.45, 7) is 1.72. The number of aryl methyl sites for hydroxylation is 1. The molecule has 0 fully saturated rings. The van der Waals surface area contributed by atoms with E-state index in [1.807, 2.05) is 0 Å². The predicted octanol–water partition coefficient (Wildman–Crippen LogP) is 0.637. The second-order valence-electron chi connectivity index (χ2n) is 3.72. The standard InChI is InChI=1S/C10H18N2O3/c1-10(13,7-9(14-3)15-4)8-5-6-11-12(8)2/h5-6,9,13H,7H2,1-4H3. The molecule has 0 saturated carbocycles. The lowest BCUT2D eigenvalue weighted by Crippen LogP contribution is -2.31. The third-order valence-corrected chi connectivity index (χ3v) is 2.46.